The molecular formula is C14H26N2O3. The second-order valence-corrected chi connectivity index (χ2v) is 5.74. The van der Waals surface area contributed by atoms with Gasteiger partial charge in [0.05, 0.1) is 5.92 Å². The average molecular weight is 270 g/mol. The van der Waals surface area contributed by atoms with Gasteiger partial charge >= 0.3 is 5.97 Å². The zero-order valence-corrected chi connectivity index (χ0v) is 12.2. The van der Waals surface area contributed by atoms with Crippen LogP contribution in [0.5, 0.6) is 0 Å². The third-order valence-corrected chi connectivity index (χ3v) is 4.24. The van der Waals surface area contributed by atoms with E-state index in [1.54, 1.807) is 13.8 Å². The van der Waals surface area contributed by atoms with Crippen molar-refractivity contribution in [2.45, 2.75) is 33.1 Å². The molecule has 5 heteroatoms. The van der Waals surface area contributed by atoms with Gasteiger partial charge in [0.15, 0.2) is 0 Å². The van der Waals surface area contributed by atoms with E-state index in [2.05, 4.69) is 17.3 Å². The van der Waals surface area contributed by atoms with Gasteiger partial charge in [0, 0.05) is 12.5 Å². The molecule has 0 bridgehead atoms. The number of aliphatic carboxylic acids is 1. The van der Waals surface area contributed by atoms with Crippen molar-refractivity contribution >= 4 is 11.9 Å². The second-order valence-electron chi connectivity index (χ2n) is 5.74. The molecule has 2 N–H and O–H groups in total. The van der Waals surface area contributed by atoms with Gasteiger partial charge in [-0.05, 0) is 45.3 Å². The highest BCUT2D eigenvalue weighted by Crippen LogP contribution is 2.19. The van der Waals surface area contributed by atoms with Crippen molar-refractivity contribution in [2.24, 2.45) is 17.8 Å². The Morgan fingerprint density at radius 2 is 1.84 bits per heavy atom. The van der Waals surface area contributed by atoms with E-state index in [-0.39, 0.29) is 5.91 Å². The van der Waals surface area contributed by atoms with Crippen LogP contribution in [-0.2, 0) is 9.59 Å². The molecule has 1 amide bonds. The topological polar surface area (TPSA) is 69.6 Å². The zero-order valence-electron chi connectivity index (χ0n) is 12.2. The fourth-order valence-corrected chi connectivity index (χ4v) is 2.35. The molecule has 0 radical (unpaired) electrons. The number of carbonyl (C=O) groups excluding carboxylic acids is 1. The minimum atomic E-state index is -0.919. The molecule has 1 saturated heterocycles. The highest BCUT2D eigenvalue weighted by molar-refractivity contribution is 5.84. The number of rotatable bonds is 6. The van der Waals surface area contributed by atoms with Gasteiger partial charge in [-0.2, -0.15) is 0 Å². The van der Waals surface area contributed by atoms with Crippen LogP contribution in [0, 0.1) is 17.8 Å². The smallest absolute Gasteiger partial charge is 0.307 e. The van der Waals surface area contributed by atoms with Gasteiger partial charge in [-0.1, -0.05) is 13.8 Å². The van der Waals surface area contributed by atoms with Gasteiger partial charge in [-0.3, -0.25) is 9.59 Å². The molecule has 19 heavy (non-hydrogen) atoms. The number of carboxylic acids is 1. The quantitative estimate of drug-likeness (QED) is 0.760. The number of carboxylic acid groups (broad SMARTS) is 1. The lowest BCUT2D eigenvalue weighted by molar-refractivity contribution is -0.146. The first-order chi connectivity index (χ1) is 8.91. The van der Waals surface area contributed by atoms with E-state index >= 15 is 0 Å². The first-order valence-electron chi connectivity index (χ1n) is 7.11. The number of piperidine rings is 1. The van der Waals surface area contributed by atoms with Crippen molar-refractivity contribution in [3.8, 4) is 0 Å². The van der Waals surface area contributed by atoms with E-state index in [1.165, 1.54) is 12.8 Å². The van der Waals surface area contributed by atoms with Gasteiger partial charge in [0.1, 0.15) is 0 Å². The van der Waals surface area contributed by atoms with Crippen LogP contribution in [0.3, 0.4) is 0 Å². The molecule has 1 aliphatic rings. The molecule has 1 rings (SSSR count). The zero-order chi connectivity index (χ0) is 14.4. The molecule has 2 unspecified atom stereocenters. The van der Waals surface area contributed by atoms with E-state index < -0.39 is 17.8 Å². The SMILES string of the molecule is CC(C(=O)O)C(C)C(=O)NCCC1CCN(C)CC1. The molecule has 0 aromatic heterocycles. The van der Waals surface area contributed by atoms with Crippen LogP contribution in [0.15, 0.2) is 0 Å². The Morgan fingerprint density at radius 1 is 1.26 bits per heavy atom. The summed E-state index contributed by atoms with van der Waals surface area (Å²) < 4.78 is 0. The predicted octanol–water partition coefficient (Wildman–Crippen LogP) is 1.19. The molecule has 0 spiro atoms. The van der Waals surface area contributed by atoms with Crippen LogP contribution in [-0.4, -0.2) is 48.6 Å². The maximum absolute atomic E-state index is 11.8. The molecule has 1 fully saturated rings. The van der Waals surface area contributed by atoms with Crippen LogP contribution in [0.25, 0.3) is 0 Å². The van der Waals surface area contributed by atoms with Crippen molar-refractivity contribution in [2.75, 3.05) is 26.7 Å². The molecule has 0 aromatic rings. The molecule has 0 aromatic carbocycles. The molecular weight excluding hydrogens is 244 g/mol. The number of amides is 1. The molecule has 2 atom stereocenters. The summed E-state index contributed by atoms with van der Waals surface area (Å²) in [6.07, 6.45) is 3.37. The van der Waals surface area contributed by atoms with Crippen LogP contribution < -0.4 is 5.32 Å². The van der Waals surface area contributed by atoms with Crippen molar-refractivity contribution < 1.29 is 14.7 Å². The average Bonchev–Trinajstić information content (AvgIpc) is 2.39. The number of nitrogens with one attached hydrogen (secondary N) is 1. The second kappa shape index (κ2) is 7.48. The Morgan fingerprint density at radius 3 is 2.37 bits per heavy atom. The lowest BCUT2D eigenvalue weighted by atomic mass is 9.93. The number of nitrogens with zero attached hydrogens (tertiary/aromatic N) is 1. The van der Waals surface area contributed by atoms with E-state index in [9.17, 15) is 9.59 Å². The Balaban J connectivity index is 2.21. The standard InChI is InChI=1S/C14H26N2O3/c1-10(11(2)14(18)19)13(17)15-7-4-12-5-8-16(3)9-6-12/h10-12H,4-9H2,1-3H3,(H,15,17)(H,18,19). The van der Waals surface area contributed by atoms with E-state index in [0.717, 1.165) is 19.5 Å². The maximum atomic E-state index is 11.8. The van der Waals surface area contributed by atoms with Crippen LogP contribution in [0.2, 0.25) is 0 Å². The van der Waals surface area contributed by atoms with Crippen LogP contribution in [0.4, 0.5) is 0 Å². The van der Waals surface area contributed by atoms with Gasteiger partial charge in [-0.15, -0.1) is 0 Å². The third kappa shape index (κ3) is 5.19. The number of hydrogen-bond donors (Lipinski definition) is 2. The summed E-state index contributed by atoms with van der Waals surface area (Å²) >= 11 is 0. The maximum Gasteiger partial charge on any atom is 0.307 e. The predicted molar refractivity (Wildman–Crippen MR) is 73.8 cm³/mol. The van der Waals surface area contributed by atoms with Gasteiger partial charge in [-0.25, -0.2) is 0 Å². The Hall–Kier alpha value is -1.10. The Kier molecular flexibility index (Phi) is 6.28. The molecule has 0 aliphatic carbocycles. The minimum absolute atomic E-state index is 0.150. The third-order valence-electron chi connectivity index (χ3n) is 4.24. The Bertz CT molecular complexity index is 312. The summed E-state index contributed by atoms with van der Waals surface area (Å²) in [5, 5.41) is 11.7. The monoisotopic (exact) mass is 270 g/mol. The van der Waals surface area contributed by atoms with Gasteiger partial charge in [0.25, 0.3) is 0 Å². The normalized spacial score (nSPS) is 20.8. The summed E-state index contributed by atoms with van der Waals surface area (Å²) in [6.45, 7) is 6.16. The fraction of sp³-hybridized carbons (Fsp3) is 0.857. The molecule has 5 nitrogen and oxygen atoms in total. The summed E-state index contributed by atoms with van der Waals surface area (Å²) in [7, 11) is 2.13. The summed E-state index contributed by atoms with van der Waals surface area (Å²) in [6, 6.07) is 0. The van der Waals surface area contributed by atoms with E-state index in [1.807, 2.05) is 0 Å². The number of likely N-dealkylation sites (tertiary alicyclic amines) is 1. The molecule has 0 saturated carbocycles. The van der Waals surface area contributed by atoms with Crippen molar-refractivity contribution in [1.29, 1.82) is 0 Å². The lowest BCUT2D eigenvalue weighted by Gasteiger charge is -2.29. The van der Waals surface area contributed by atoms with Crippen LogP contribution >= 0.6 is 0 Å². The lowest BCUT2D eigenvalue weighted by Crippen LogP contribution is -2.37. The first-order valence-corrected chi connectivity index (χ1v) is 7.11. The van der Waals surface area contributed by atoms with Gasteiger partial charge in [0.2, 0.25) is 5.91 Å². The Labute approximate surface area is 115 Å². The molecule has 110 valence electrons. The highest BCUT2D eigenvalue weighted by atomic mass is 16.4. The largest absolute Gasteiger partial charge is 0.481 e. The summed E-state index contributed by atoms with van der Waals surface area (Å²) in [5.74, 6) is -1.50. The number of hydrogen-bond acceptors (Lipinski definition) is 3. The summed E-state index contributed by atoms with van der Waals surface area (Å²) in [5.41, 5.74) is 0. The van der Waals surface area contributed by atoms with Crippen molar-refractivity contribution in [3.63, 3.8) is 0 Å². The van der Waals surface area contributed by atoms with Gasteiger partial charge < -0.3 is 15.3 Å². The highest BCUT2D eigenvalue weighted by Gasteiger charge is 2.25. The first kappa shape index (κ1) is 16.0. The summed E-state index contributed by atoms with van der Waals surface area (Å²) in [4.78, 5) is 24.9. The van der Waals surface area contributed by atoms with E-state index in [0.29, 0.717) is 12.5 Å². The molecule has 1 heterocycles. The van der Waals surface area contributed by atoms with Crippen molar-refractivity contribution in [1.82, 2.24) is 10.2 Å². The van der Waals surface area contributed by atoms with E-state index in [4.69, 9.17) is 5.11 Å². The fourth-order valence-electron chi connectivity index (χ4n) is 2.35. The molecule has 1 aliphatic heterocycles. The minimum Gasteiger partial charge on any atom is -0.481 e. The van der Waals surface area contributed by atoms with Crippen molar-refractivity contribution in [3.05, 3.63) is 0 Å². The number of carbonyl (C=O) groups is 2. The van der Waals surface area contributed by atoms with Crippen LogP contribution in [0.1, 0.15) is 33.1 Å².